The topological polar surface area (TPSA) is 85.7 Å². The van der Waals surface area contributed by atoms with Crippen molar-refractivity contribution in [2.45, 2.75) is 59.2 Å². The third-order valence-electron chi connectivity index (χ3n) is 5.87. The number of halogens is 3. The van der Waals surface area contributed by atoms with E-state index in [1.807, 2.05) is 26.8 Å². The lowest BCUT2D eigenvalue weighted by Crippen LogP contribution is -2.39. The Morgan fingerprint density at radius 1 is 1.05 bits per heavy atom. The van der Waals surface area contributed by atoms with E-state index in [1.165, 1.54) is 22.9 Å². The summed E-state index contributed by atoms with van der Waals surface area (Å²) in [7, 11) is 0. The summed E-state index contributed by atoms with van der Waals surface area (Å²) in [5.74, 6) is -0.400. The molecular formula is C27H29F3N4O4. The molecular weight excluding hydrogens is 501 g/mol. The molecule has 0 spiro atoms. The fraction of sp³-hybridized carbons (Fsp3) is 0.370. The summed E-state index contributed by atoms with van der Waals surface area (Å²) in [5.41, 5.74) is 2.72. The number of alkyl halides is 3. The maximum absolute atomic E-state index is 12.9. The maximum Gasteiger partial charge on any atom is 0.573 e. The number of rotatable bonds is 5. The van der Waals surface area contributed by atoms with Crippen molar-refractivity contribution in [3.63, 3.8) is 0 Å². The van der Waals surface area contributed by atoms with E-state index in [2.05, 4.69) is 15.2 Å². The first-order chi connectivity index (χ1) is 17.8. The first kappa shape index (κ1) is 27.0. The molecule has 0 aliphatic carbocycles. The standard InChI is InChI=1S/C27H29F3N4O4/c1-17-13-23(32-34(17)16-21-7-5-6-8-22(21)37-27(28,29)30)31-24(35)19-9-10-20-15-33(12-11-18(20)14-19)25(36)38-26(2,3)4/h5-10,13-14H,11-12,15-16H2,1-4H3,(H,31,32,35). The van der Waals surface area contributed by atoms with Crippen molar-refractivity contribution in [3.05, 3.63) is 76.5 Å². The van der Waals surface area contributed by atoms with Gasteiger partial charge in [0.1, 0.15) is 11.4 Å². The summed E-state index contributed by atoms with van der Waals surface area (Å²) < 4.78 is 49.3. The predicted octanol–water partition coefficient (Wildman–Crippen LogP) is 5.68. The molecule has 2 aromatic carbocycles. The zero-order chi connectivity index (χ0) is 27.7. The highest BCUT2D eigenvalue weighted by molar-refractivity contribution is 6.04. The summed E-state index contributed by atoms with van der Waals surface area (Å²) in [4.78, 5) is 27.0. The van der Waals surface area contributed by atoms with Gasteiger partial charge in [0.25, 0.3) is 5.91 Å². The molecule has 4 rings (SSSR count). The van der Waals surface area contributed by atoms with Crippen LogP contribution in [0.25, 0.3) is 0 Å². The Hall–Kier alpha value is -4.02. The first-order valence-electron chi connectivity index (χ1n) is 12.1. The number of hydrogen-bond acceptors (Lipinski definition) is 5. The number of amides is 2. The number of benzene rings is 2. The van der Waals surface area contributed by atoms with E-state index in [0.717, 1.165) is 11.1 Å². The van der Waals surface area contributed by atoms with Gasteiger partial charge in [-0.25, -0.2) is 4.79 Å². The molecule has 0 radical (unpaired) electrons. The van der Waals surface area contributed by atoms with Gasteiger partial charge in [-0.05, 0) is 63.4 Å². The quantitative estimate of drug-likeness (QED) is 0.459. The zero-order valence-electron chi connectivity index (χ0n) is 21.6. The molecule has 202 valence electrons. The molecule has 0 atom stereocenters. The first-order valence-corrected chi connectivity index (χ1v) is 12.1. The molecule has 2 heterocycles. The number of carbonyl (C=O) groups is 2. The zero-order valence-corrected chi connectivity index (χ0v) is 21.6. The number of aryl methyl sites for hydroxylation is 1. The van der Waals surface area contributed by atoms with Crippen LogP contribution in [-0.4, -0.2) is 45.2 Å². The van der Waals surface area contributed by atoms with Crippen LogP contribution in [-0.2, 0) is 24.2 Å². The van der Waals surface area contributed by atoms with Crippen LogP contribution in [0.4, 0.5) is 23.8 Å². The number of nitrogens with one attached hydrogen (secondary N) is 1. The molecule has 1 aliphatic heterocycles. The Kier molecular flexibility index (Phi) is 7.39. The summed E-state index contributed by atoms with van der Waals surface area (Å²) in [5, 5.41) is 7.09. The lowest BCUT2D eigenvalue weighted by atomic mass is 9.97. The van der Waals surface area contributed by atoms with E-state index in [0.29, 0.717) is 36.3 Å². The number of fused-ring (bicyclic) bond motifs is 1. The van der Waals surface area contributed by atoms with E-state index < -0.39 is 12.0 Å². The van der Waals surface area contributed by atoms with E-state index in [4.69, 9.17) is 4.74 Å². The van der Waals surface area contributed by atoms with Gasteiger partial charge in [-0.15, -0.1) is 13.2 Å². The molecule has 3 aromatic rings. The van der Waals surface area contributed by atoms with Crippen LogP contribution in [0.2, 0.25) is 0 Å². The minimum Gasteiger partial charge on any atom is -0.444 e. The van der Waals surface area contributed by atoms with Crippen LogP contribution in [0.15, 0.2) is 48.5 Å². The minimum absolute atomic E-state index is 0.0287. The van der Waals surface area contributed by atoms with E-state index in [9.17, 15) is 22.8 Å². The van der Waals surface area contributed by atoms with Gasteiger partial charge >= 0.3 is 12.5 Å². The molecule has 0 saturated heterocycles. The number of aromatic nitrogens is 2. The Morgan fingerprint density at radius 3 is 2.50 bits per heavy atom. The molecule has 1 N–H and O–H groups in total. The number of ether oxygens (including phenoxy) is 2. The number of anilines is 1. The summed E-state index contributed by atoms with van der Waals surface area (Å²) in [6, 6.07) is 12.8. The molecule has 0 fully saturated rings. The van der Waals surface area contributed by atoms with Gasteiger partial charge in [-0.3, -0.25) is 9.48 Å². The van der Waals surface area contributed by atoms with Crippen LogP contribution < -0.4 is 10.1 Å². The van der Waals surface area contributed by atoms with Crippen LogP contribution in [0.1, 0.15) is 53.5 Å². The Bertz CT molecular complexity index is 1340. The van der Waals surface area contributed by atoms with Crippen molar-refractivity contribution < 1.29 is 32.2 Å². The average molecular weight is 531 g/mol. The Morgan fingerprint density at radius 2 is 1.79 bits per heavy atom. The normalized spacial score (nSPS) is 13.6. The highest BCUT2D eigenvalue weighted by atomic mass is 19.4. The average Bonchev–Trinajstić information content (AvgIpc) is 3.15. The van der Waals surface area contributed by atoms with Crippen molar-refractivity contribution >= 4 is 17.8 Å². The second-order valence-corrected chi connectivity index (χ2v) is 10.1. The minimum atomic E-state index is -4.81. The Balaban J connectivity index is 1.43. The molecule has 0 saturated carbocycles. The predicted molar refractivity (Wildman–Crippen MR) is 134 cm³/mol. The van der Waals surface area contributed by atoms with Crippen LogP contribution in [0.5, 0.6) is 5.75 Å². The van der Waals surface area contributed by atoms with E-state index in [-0.39, 0.29) is 30.1 Å². The number of hydrogen-bond donors (Lipinski definition) is 1. The number of nitrogens with zero attached hydrogens (tertiary/aromatic N) is 3. The monoisotopic (exact) mass is 530 g/mol. The van der Waals surface area contributed by atoms with Crippen molar-refractivity contribution in [2.24, 2.45) is 0 Å². The van der Waals surface area contributed by atoms with Crippen LogP contribution >= 0.6 is 0 Å². The van der Waals surface area contributed by atoms with Crippen molar-refractivity contribution in [2.75, 3.05) is 11.9 Å². The van der Waals surface area contributed by atoms with Crippen molar-refractivity contribution in [3.8, 4) is 5.75 Å². The molecule has 1 aliphatic rings. The highest BCUT2D eigenvalue weighted by Gasteiger charge is 2.32. The lowest BCUT2D eigenvalue weighted by Gasteiger charge is -2.31. The maximum atomic E-state index is 12.9. The highest BCUT2D eigenvalue weighted by Crippen LogP contribution is 2.27. The fourth-order valence-corrected chi connectivity index (χ4v) is 4.12. The third kappa shape index (κ3) is 6.84. The summed E-state index contributed by atoms with van der Waals surface area (Å²) in [6.07, 6.45) is -4.59. The largest absolute Gasteiger partial charge is 0.573 e. The van der Waals surface area contributed by atoms with Crippen molar-refractivity contribution in [1.29, 1.82) is 0 Å². The summed E-state index contributed by atoms with van der Waals surface area (Å²) in [6.45, 7) is 8.11. The number of carbonyl (C=O) groups excluding carboxylic acids is 2. The molecule has 11 heteroatoms. The fourth-order valence-electron chi connectivity index (χ4n) is 4.12. The van der Waals surface area contributed by atoms with Gasteiger partial charge in [-0.1, -0.05) is 24.3 Å². The third-order valence-corrected chi connectivity index (χ3v) is 5.87. The van der Waals surface area contributed by atoms with Crippen LogP contribution in [0.3, 0.4) is 0 Å². The van der Waals surface area contributed by atoms with E-state index >= 15 is 0 Å². The molecule has 38 heavy (non-hydrogen) atoms. The molecule has 8 nitrogen and oxygen atoms in total. The molecule has 0 unspecified atom stereocenters. The van der Waals surface area contributed by atoms with Gasteiger partial charge in [-0.2, -0.15) is 5.10 Å². The van der Waals surface area contributed by atoms with Crippen LogP contribution in [0, 0.1) is 6.92 Å². The second kappa shape index (κ2) is 10.4. The lowest BCUT2D eigenvalue weighted by molar-refractivity contribution is -0.274. The summed E-state index contributed by atoms with van der Waals surface area (Å²) >= 11 is 0. The van der Waals surface area contributed by atoms with Gasteiger partial charge in [0.2, 0.25) is 0 Å². The van der Waals surface area contributed by atoms with Gasteiger partial charge in [0.15, 0.2) is 5.82 Å². The molecule has 1 aromatic heterocycles. The Labute approximate surface area is 218 Å². The van der Waals surface area contributed by atoms with E-state index in [1.54, 1.807) is 36.1 Å². The van der Waals surface area contributed by atoms with Gasteiger partial charge in [0, 0.05) is 36.0 Å². The smallest absolute Gasteiger partial charge is 0.444 e. The molecule has 0 bridgehead atoms. The van der Waals surface area contributed by atoms with Crippen molar-refractivity contribution in [1.82, 2.24) is 14.7 Å². The SMILES string of the molecule is Cc1cc(NC(=O)c2ccc3c(c2)CCN(C(=O)OC(C)(C)C)C3)nn1Cc1ccccc1OC(F)(F)F. The van der Waals surface area contributed by atoms with Gasteiger partial charge in [0.05, 0.1) is 6.54 Å². The van der Waals surface area contributed by atoms with Gasteiger partial charge < -0.3 is 19.7 Å². The molecule has 2 amide bonds. The number of para-hydroxylation sites is 1. The second-order valence-electron chi connectivity index (χ2n) is 10.1.